The Morgan fingerprint density at radius 2 is 1.75 bits per heavy atom. The number of hydrogen-bond donors (Lipinski definition) is 4. The fourth-order valence-electron chi connectivity index (χ4n) is 2.25. The van der Waals surface area contributed by atoms with Gasteiger partial charge in [-0.1, -0.05) is 29.3 Å². The minimum atomic E-state index is -1.36. The number of urea groups is 1. The number of halogens is 4. The Hall–Kier alpha value is -2.36. The topological polar surface area (TPSA) is 116 Å². The molecule has 2 aromatic rings. The lowest BCUT2D eigenvalue weighted by Gasteiger charge is -2.16. The van der Waals surface area contributed by atoms with E-state index in [1.54, 1.807) is 0 Å². The summed E-state index contributed by atoms with van der Waals surface area (Å²) in [5.41, 5.74) is -0.0197. The Morgan fingerprint density at radius 3 is 2.32 bits per heavy atom. The smallest absolute Gasteiger partial charge is 0.337 e. The van der Waals surface area contributed by atoms with Gasteiger partial charge in [-0.3, -0.25) is 0 Å². The minimum absolute atomic E-state index is 0.00733. The number of benzene rings is 2. The molecule has 28 heavy (non-hydrogen) atoms. The van der Waals surface area contributed by atoms with Crippen LogP contribution in [0.15, 0.2) is 34.8 Å². The van der Waals surface area contributed by atoms with Gasteiger partial charge in [0.25, 0.3) is 0 Å². The average molecular weight is 494 g/mol. The first-order valence-corrected chi connectivity index (χ1v) is 9.10. The Balaban J connectivity index is 2.17. The molecule has 0 saturated heterocycles. The molecule has 0 aromatic heterocycles. The Labute approximate surface area is 176 Å². The first kappa shape index (κ1) is 21.9. The van der Waals surface area contributed by atoms with Crippen molar-refractivity contribution in [2.45, 2.75) is 12.5 Å². The molecule has 0 aliphatic heterocycles. The molecule has 0 unspecified atom stereocenters. The average Bonchev–Trinajstić information content (AvgIpc) is 2.60. The highest BCUT2D eigenvalue weighted by Gasteiger charge is 2.22. The third-order valence-electron chi connectivity index (χ3n) is 3.57. The van der Waals surface area contributed by atoms with Crippen LogP contribution in [0.2, 0.25) is 10.0 Å². The van der Waals surface area contributed by atoms with E-state index in [4.69, 9.17) is 23.2 Å². The lowest BCUT2D eigenvalue weighted by Crippen LogP contribution is -2.44. The zero-order chi connectivity index (χ0) is 21.0. The molecule has 0 aliphatic rings. The number of hydrogen-bond acceptors (Lipinski definition) is 3. The van der Waals surface area contributed by atoms with Gasteiger partial charge in [-0.05, 0) is 45.8 Å². The molecule has 2 amide bonds. The predicted molar refractivity (Wildman–Crippen MR) is 105 cm³/mol. The van der Waals surface area contributed by atoms with Gasteiger partial charge in [0, 0.05) is 6.42 Å². The van der Waals surface area contributed by atoms with Gasteiger partial charge in [0.15, 0.2) is 0 Å². The number of aliphatic carboxylic acids is 1. The van der Waals surface area contributed by atoms with Crippen LogP contribution < -0.4 is 10.6 Å². The molecule has 148 valence electrons. The molecule has 7 nitrogen and oxygen atoms in total. The molecule has 0 bridgehead atoms. The molecule has 2 rings (SSSR count). The van der Waals surface area contributed by atoms with Gasteiger partial charge in [-0.25, -0.2) is 18.8 Å². The van der Waals surface area contributed by atoms with Gasteiger partial charge >= 0.3 is 18.0 Å². The molecule has 0 fully saturated rings. The number of carboxylic acid groups (broad SMARTS) is 2. The van der Waals surface area contributed by atoms with Crippen LogP contribution in [0.5, 0.6) is 0 Å². The molecule has 0 heterocycles. The molecule has 0 saturated carbocycles. The third kappa shape index (κ3) is 5.57. The second-order valence-electron chi connectivity index (χ2n) is 5.56. The minimum Gasteiger partial charge on any atom is -0.480 e. The monoisotopic (exact) mass is 492 g/mol. The van der Waals surface area contributed by atoms with E-state index in [0.717, 1.165) is 18.2 Å². The second kappa shape index (κ2) is 9.22. The highest BCUT2D eigenvalue weighted by atomic mass is 79.9. The summed E-state index contributed by atoms with van der Waals surface area (Å²) in [5.74, 6) is -3.20. The number of nitrogens with one attached hydrogen (secondary N) is 2. The summed E-state index contributed by atoms with van der Waals surface area (Å²) >= 11 is 14.6. The number of carbonyl (C=O) groups is 3. The molecule has 4 N–H and O–H groups in total. The fourth-order valence-corrected chi connectivity index (χ4v) is 3.00. The third-order valence-corrected chi connectivity index (χ3v) is 4.90. The van der Waals surface area contributed by atoms with E-state index < -0.39 is 29.8 Å². The number of aromatic carboxylic acids is 1. The number of amides is 2. The van der Waals surface area contributed by atoms with E-state index >= 15 is 0 Å². The summed E-state index contributed by atoms with van der Waals surface area (Å²) in [6.07, 6.45) is -0.130. The van der Waals surface area contributed by atoms with Crippen molar-refractivity contribution in [1.82, 2.24) is 5.32 Å². The summed E-state index contributed by atoms with van der Waals surface area (Å²) in [7, 11) is 0. The van der Waals surface area contributed by atoms with Crippen LogP contribution in [0.25, 0.3) is 0 Å². The van der Waals surface area contributed by atoms with Crippen molar-refractivity contribution in [2.75, 3.05) is 5.32 Å². The first-order valence-electron chi connectivity index (χ1n) is 7.55. The van der Waals surface area contributed by atoms with Crippen molar-refractivity contribution in [3.05, 3.63) is 61.8 Å². The summed E-state index contributed by atoms with van der Waals surface area (Å²) in [6.45, 7) is 0. The predicted octanol–water partition coefficient (Wildman–Crippen LogP) is 4.41. The number of carboxylic acids is 2. The zero-order valence-electron chi connectivity index (χ0n) is 13.8. The van der Waals surface area contributed by atoms with Gasteiger partial charge in [-0.15, -0.1) is 0 Å². The molecule has 11 heteroatoms. The Kier molecular flexibility index (Phi) is 7.22. The maximum atomic E-state index is 13.3. The lowest BCUT2D eigenvalue weighted by atomic mass is 10.1. The fraction of sp³-hybridized carbons (Fsp3) is 0.118. The summed E-state index contributed by atoms with van der Waals surface area (Å²) in [6, 6.07) is 3.83. The molecule has 2 aromatic carbocycles. The van der Waals surface area contributed by atoms with Crippen LogP contribution in [-0.4, -0.2) is 34.2 Å². The van der Waals surface area contributed by atoms with E-state index in [2.05, 4.69) is 26.6 Å². The molecule has 0 aliphatic carbocycles. The molecular formula is C17H12BrCl2FN2O5. The maximum absolute atomic E-state index is 13.3. The SMILES string of the molecule is O=C(Nc1cc(Cl)c(Cl)cc1C(=O)O)N[C@@H](Cc1ccc(F)c(Br)c1)C(=O)O. The molecule has 0 radical (unpaired) electrons. The zero-order valence-corrected chi connectivity index (χ0v) is 16.9. The van der Waals surface area contributed by atoms with Crippen molar-refractivity contribution in [3.8, 4) is 0 Å². The Bertz CT molecular complexity index is 957. The van der Waals surface area contributed by atoms with Crippen LogP contribution >= 0.6 is 39.1 Å². The van der Waals surface area contributed by atoms with E-state index in [0.29, 0.717) is 5.56 Å². The van der Waals surface area contributed by atoms with Crippen molar-refractivity contribution in [1.29, 1.82) is 0 Å². The molecular weight excluding hydrogens is 482 g/mol. The van der Waals surface area contributed by atoms with Gasteiger partial charge in [0.2, 0.25) is 0 Å². The van der Waals surface area contributed by atoms with Crippen LogP contribution in [-0.2, 0) is 11.2 Å². The number of anilines is 1. The van der Waals surface area contributed by atoms with Gasteiger partial charge in [0.05, 0.1) is 25.8 Å². The van der Waals surface area contributed by atoms with E-state index in [-0.39, 0.29) is 32.2 Å². The van der Waals surface area contributed by atoms with Crippen molar-refractivity contribution in [2.24, 2.45) is 0 Å². The van der Waals surface area contributed by atoms with Crippen LogP contribution in [0.4, 0.5) is 14.9 Å². The lowest BCUT2D eigenvalue weighted by molar-refractivity contribution is -0.139. The standard InChI is InChI=1S/C17H12BrCl2FN2O5/c18-9-3-7(1-2-12(9)21)4-14(16(26)27)23-17(28)22-13-6-11(20)10(19)5-8(13)15(24)25/h1-3,5-6,14H,4H2,(H,24,25)(H,26,27)(H2,22,23,28)/t14-/m0/s1. The van der Waals surface area contributed by atoms with Crippen LogP contribution in [0.3, 0.4) is 0 Å². The van der Waals surface area contributed by atoms with Crippen molar-refractivity contribution < 1.29 is 29.0 Å². The number of rotatable bonds is 6. The Morgan fingerprint density at radius 1 is 1.11 bits per heavy atom. The largest absolute Gasteiger partial charge is 0.480 e. The number of carbonyl (C=O) groups excluding carboxylic acids is 1. The van der Waals surface area contributed by atoms with Crippen molar-refractivity contribution in [3.63, 3.8) is 0 Å². The highest BCUT2D eigenvalue weighted by Crippen LogP contribution is 2.29. The highest BCUT2D eigenvalue weighted by molar-refractivity contribution is 9.10. The molecule has 0 spiro atoms. The van der Waals surface area contributed by atoms with E-state index in [1.165, 1.54) is 12.1 Å². The molecule has 1 atom stereocenters. The van der Waals surface area contributed by atoms with E-state index in [1.807, 2.05) is 0 Å². The van der Waals surface area contributed by atoms with Crippen LogP contribution in [0.1, 0.15) is 15.9 Å². The van der Waals surface area contributed by atoms with Gasteiger partial charge in [-0.2, -0.15) is 0 Å². The van der Waals surface area contributed by atoms with Gasteiger partial charge < -0.3 is 20.8 Å². The summed E-state index contributed by atoms with van der Waals surface area (Å²) in [4.78, 5) is 34.9. The maximum Gasteiger partial charge on any atom is 0.337 e. The van der Waals surface area contributed by atoms with Crippen molar-refractivity contribution >= 4 is 62.8 Å². The first-order chi connectivity index (χ1) is 13.1. The normalized spacial score (nSPS) is 11.6. The second-order valence-corrected chi connectivity index (χ2v) is 7.23. The summed E-state index contributed by atoms with van der Waals surface area (Å²) in [5, 5.41) is 23.0. The quantitative estimate of drug-likeness (QED) is 0.475. The summed E-state index contributed by atoms with van der Waals surface area (Å²) < 4.78 is 13.5. The van der Waals surface area contributed by atoms with Gasteiger partial charge in [0.1, 0.15) is 11.9 Å². The van der Waals surface area contributed by atoms with Crippen LogP contribution in [0, 0.1) is 5.82 Å². The van der Waals surface area contributed by atoms with E-state index in [9.17, 15) is 29.0 Å².